The molecule has 0 spiro atoms. The maximum atomic E-state index is 11.8. The molecule has 2 aromatic heterocycles. The number of rotatable bonds is 4. The number of piperidine rings is 1. The van der Waals surface area contributed by atoms with E-state index in [1.165, 1.54) is 16.9 Å². The maximum Gasteiger partial charge on any atom is 0.260 e. The molecule has 0 aliphatic carbocycles. The minimum atomic E-state index is -0.524. The summed E-state index contributed by atoms with van der Waals surface area (Å²) < 4.78 is 0. The van der Waals surface area contributed by atoms with Gasteiger partial charge in [0.1, 0.15) is 15.5 Å². The van der Waals surface area contributed by atoms with Crippen molar-refractivity contribution < 1.29 is 4.79 Å². The van der Waals surface area contributed by atoms with Gasteiger partial charge in [0.05, 0.1) is 5.69 Å². The molecule has 3 heterocycles. The van der Waals surface area contributed by atoms with Gasteiger partial charge >= 0.3 is 0 Å². The average molecular weight is 408 g/mol. The highest BCUT2D eigenvalue weighted by Crippen LogP contribution is 2.37. The molecule has 0 radical (unpaired) electrons. The number of nitrogen functional groups attached to an aromatic ring is 1. The Hall–Kier alpha value is -2.90. The zero-order valence-corrected chi connectivity index (χ0v) is 17.2. The van der Waals surface area contributed by atoms with E-state index >= 15 is 0 Å². The number of aryl methyl sites for hydroxylation is 1. The minimum Gasteiger partial charge on any atom is -0.397 e. The van der Waals surface area contributed by atoms with Crippen LogP contribution in [0.2, 0.25) is 0 Å². The van der Waals surface area contributed by atoms with Crippen molar-refractivity contribution in [3.05, 3.63) is 51.9 Å². The summed E-state index contributed by atoms with van der Waals surface area (Å²) in [6.07, 6.45) is 5.95. The van der Waals surface area contributed by atoms with E-state index in [9.17, 15) is 4.79 Å². The van der Waals surface area contributed by atoms with Crippen LogP contribution in [0.4, 0.5) is 11.5 Å². The molecule has 3 aromatic rings. The Kier molecular flexibility index (Phi) is 5.25. The number of anilines is 2. The van der Waals surface area contributed by atoms with Crippen LogP contribution in [0.3, 0.4) is 0 Å². The monoisotopic (exact) mass is 407 g/mol. The molecule has 1 aromatic carbocycles. The van der Waals surface area contributed by atoms with E-state index in [1.54, 1.807) is 0 Å². The molecule has 0 unspecified atom stereocenters. The van der Waals surface area contributed by atoms with E-state index in [-0.39, 0.29) is 6.04 Å². The summed E-state index contributed by atoms with van der Waals surface area (Å²) in [4.78, 5) is 19.9. The van der Waals surface area contributed by atoms with Crippen LogP contribution in [0.15, 0.2) is 30.3 Å². The molecule has 0 saturated carbocycles. The van der Waals surface area contributed by atoms with Crippen molar-refractivity contribution in [1.29, 1.82) is 0 Å². The Morgan fingerprint density at radius 3 is 2.55 bits per heavy atom. The summed E-state index contributed by atoms with van der Waals surface area (Å²) in [6.45, 7) is 3.79. The fraction of sp³-hybridized carbons (Fsp3) is 0.273. The van der Waals surface area contributed by atoms with Gasteiger partial charge in [-0.2, -0.15) is 0 Å². The molecule has 6 nitrogen and oxygen atoms in total. The lowest BCUT2D eigenvalue weighted by Crippen LogP contribution is -2.40. The molecule has 7 heteroatoms. The van der Waals surface area contributed by atoms with Crippen molar-refractivity contribution in [3.63, 3.8) is 0 Å². The molecular formula is C22H25N5OS. The normalized spacial score (nSPS) is 15.4. The molecule has 0 atom stereocenters. The highest BCUT2D eigenvalue weighted by atomic mass is 32.1. The fourth-order valence-electron chi connectivity index (χ4n) is 3.61. The van der Waals surface area contributed by atoms with E-state index in [4.69, 9.17) is 22.2 Å². The van der Waals surface area contributed by atoms with Crippen LogP contribution < -0.4 is 22.1 Å². The fourth-order valence-corrected chi connectivity index (χ4v) is 4.58. The van der Waals surface area contributed by atoms with Crippen molar-refractivity contribution in [3.8, 4) is 0 Å². The molecule has 29 heavy (non-hydrogen) atoms. The molecule has 150 valence electrons. The summed E-state index contributed by atoms with van der Waals surface area (Å²) in [6, 6.07) is 10.6. The second-order valence-electron chi connectivity index (χ2n) is 7.53. The van der Waals surface area contributed by atoms with E-state index in [0.717, 1.165) is 53.1 Å². The molecule has 1 saturated heterocycles. The van der Waals surface area contributed by atoms with Crippen molar-refractivity contribution in [2.75, 3.05) is 23.7 Å². The van der Waals surface area contributed by atoms with Crippen molar-refractivity contribution in [1.82, 2.24) is 4.98 Å². The van der Waals surface area contributed by atoms with Crippen LogP contribution in [-0.2, 0) is 0 Å². The smallest absolute Gasteiger partial charge is 0.260 e. The predicted molar refractivity (Wildman–Crippen MR) is 122 cm³/mol. The number of hydrogen-bond donors (Lipinski definition) is 3. The highest BCUT2D eigenvalue weighted by molar-refractivity contribution is 7.21. The lowest BCUT2D eigenvalue weighted by molar-refractivity contribution is 0.100. The summed E-state index contributed by atoms with van der Waals surface area (Å²) in [7, 11) is 0. The molecule has 4 rings (SSSR count). The highest BCUT2D eigenvalue weighted by Gasteiger charge is 2.22. The first-order chi connectivity index (χ1) is 13.9. The minimum absolute atomic E-state index is 0.245. The van der Waals surface area contributed by atoms with Gasteiger partial charge in [-0.25, -0.2) is 4.98 Å². The SMILES string of the molecule is Cc1ccc(/C=C/c2cc(N3CCC(N)CC3)nc3sc(C(N)=O)c(N)c23)cc1. The quantitative estimate of drug-likeness (QED) is 0.614. The number of amides is 1. The molecule has 1 fully saturated rings. The van der Waals surface area contributed by atoms with Crippen LogP contribution in [-0.4, -0.2) is 30.0 Å². The van der Waals surface area contributed by atoms with Gasteiger partial charge < -0.3 is 22.1 Å². The number of thiophene rings is 1. The number of nitrogens with zero attached hydrogens (tertiary/aromatic N) is 2. The second-order valence-corrected chi connectivity index (χ2v) is 8.53. The Balaban J connectivity index is 1.80. The number of primary amides is 1. The molecule has 1 aliphatic rings. The maximum absolute atomic E-state index is 11.8. The topological polar surface area (TPSA) is 111 Å². The van der Waals surface area contributed by atoms with Gasteiger partial charge in [0, 0.05) is 24.5 Å². The van der Waals surface area contributed by atoms with Crippen LogP contribution in [0.5, 0.6) is 0 Å². The predicted octanol–water partition coefficient (Wildman–Crippen LogP) is 3.38. The summed E-state index contributed by atoms with van der Waals surface area (Å²) in [5, 5.41) is 0.782. The van der Waals surface area contributed by atoms with Crippen molar-refractivity contribution >= 4 is 51.1 Å². The van der Waals surface area contributed by atoms with E-state index in [0.29, 0.717) is 10.6 Å². The zero-order valence-electron chi connectivity index (χ0n) is 16.4. The number of carbonyl (C=O) groups excluding carboxylic acids is 1. The number of fused-ring (bicyclic) bond motifs is 1. The lowest BCUT2D eigenvalue weighted by Gasteiger charge is -2.31. The number of nitrogens with two attached hydrogens (primary N) is 3. The molecule has 0 bridgehead atoms. The third kappa shape index (κ3) is 3.97. The first-order valence-electron chi connectivity index (χ1n) is 9.70. The summed E-state index contributed by atoms with van der Waals surface area (Å²) >= 11 is 1.25. The van der Waals surface area contributed by atoms with Crippen molar-refractivity contribution in [2.24, 2.45) is 11.5 Å². The number of hydrogen-bond acceptors (Lipinski definition) is 6. The molecule has 1 amide bonds. The van der Waals surface area contributed by atoms with Gasteiger partial charge in [0.15, 0.2) is 0 Å². The number of aromatic nitrogens is 1. The van der Waals surface area contributed by atoms with Gasteiger partial charge in [0.2, 0.25) is 0 Å². The van der Waals surface area contributed by atoms with Crippen LogP contribution in [0.1, 0.15) is 39.2 Å². The first kappa shape index (κ1) is 19.4. The third-order valence-electron chi connectivity index (χ3n) is 5.34. The van der Waals surface area contributed by atoms with Crippen LogP contribution in [0.25, 0.3) is 22.4 Å². The summed E-state index contributed by atoms with van der Waals surface area (Å²) in [5.74, 6) is 0.356. The Bertz CT molecular complexity index is 1080. The van der Waals surface area contributed by atoms with E-state index in [1.807, 2.05) is 18.2 Å². The zero-order chi connectivity index (χ0) is 20.5. The van der Waals surface area contributed by atoms with Crippen LogP contribution >= 0.6 is 11.3 Å². The Morgan fingerprint density at radius 1 is 1.21 bits per heavy atom. The van der Waals surface area contributed by atoms with E-state index < -0.39 is 5.91 Å². The van der Waals surface area contributed by atoms with Gasteiger partial charge in [0.25, 0.3) is 5.91 Å². The molecule has 6 N–H and O–H groups in total. The Morgan fingerprint density at radius 2 is 1.90 bits per heavy atom. The Labute approximate surface area is 174 Å². The lowest BCUT2D eigenvalue weighted by atomic mass is 10.0. The summed E-state index contributed by atoms with van der Waals surface area (Å²) in [5.41, 5.74) is 21.5. The number of pyridine rings is 1. The third-order valence-corrected chi connectivity index (χ3v) is 6.45. The van der Waals surface area contributed by atoms with E-state index in [2.05, 4.69) is 36.1 Å². The van der Waals surface area contributed by atoms with Gasteiger partial charge in [-0.05, 0) is 37.0 Å². The number of benzene rings is 1. The average Bonchev–Trinajstić information content (AvgIpc) is 3.05. The van der Waals surface area contributed by atoms with Gasteiger partial charge in [-0.15, -0.1) is 11.3 Å². The molecule has 1 aliphatic heterocycles. The van der Waals surface area contributed by atoms with Crippen LogP contribution in [0, 0.1) is 6.92 Å². The number of carbonyl (C=O) groups is 1. The first-order valence-corrected chi connectivity index (χ1v) is 10.5. The standard InChI is InChI=1S/C22H25N5OS/c1-13-2-4-14(5-3-13)6-7-15-12-17(27-10-8-16(23)9-11-27)26-22-18(15)19(24)20(29-22)21(25)28/h2-7,12,16H,8-11,23-24H2,1H3,(H2,25,28)/b7-6+. The van der Waals surface area contributed by atoms with Gasteiger partial charge in [-0.1, -0.05) is 42.0 Å². The van der Waals surface area contributed by atoms with Crippen molar-refractivity contribution in [2.45, 2.75) is 25.8 Å². The largest absolute Gasteiger partial charge is 0.397 e. The molecular weight excluding hydrogens is 382 g/mol. The second kappa shape index (κ2) is 7.85. The van der Waals surface area contributed by atoms with Gasteiger partial charge in [-0.3, -0.25) is 4.79 Å².